The molecule has 104 valence electrons. The molecule has 0 bridgehead atoms. The quantitative estimate of drug-likeness (QED) is 0.690. The number of fused-ring (bicyclic) bond motifs is 1. The van der Waals surface area contributed by atoms with E-state index in [1.165, 1.54) is 4.57 Å². The summed E-state index contributed by atoms with van der Waals surface area (Å²) >= 11 is 8.50. The molecule has 20 heavy (non-hydrogen) atoms. The van der Waals surface area contributed by atoms with E-state index < -0.39 is 0 Å². The van der Waals surface area contributed by atoms with Crippen LogP contribution in [0.4, 0.5) is 0 Å². The SMILES string of the molecule is Cn1c(=O)oc2cc(C(N)c3cc(Br)c(Br)s3)ccc21. The molecule has 0 saturated carbocycles. The lowest BCUT2D eigenvalue weighted by molar-refractivity contribution is 0.527. The molecule has 1 unspecified atom stereocenters. The molecule has 4 nitrogen and oxygen atoms in total. The van der Waals surface area contributed by atoms with Gasteiger partial charge in [0.1, 0.15) is 0 Å². The highest BCUT2D eigenvalue weighted by Gasteiger charge is 2.16. The van der Waals surface area contributed by atoms with Crippen LogP contribution in [-0.2, 0) is 7.05 Å². The molecule has 3 rings (SSSR count). The van der Waals surface area contributed by atoms with Crippen LogP contribution < -0.4 is 11.5 Å². The number of nitrogens with zero attached hydrogens (tertiary/aromatic N) is 1. The zero-order chi connectivity index (χ0) is 14.4. The van der Waals surface area contributed by atoms with E-state index in [0.717, 1.165) is 24.2 Å². The number of thiophene rings is 1. The summed E-state index contributed by atoms with van der Waals surface area (Å²) in [7, 11) is 1.68. The van der Waals surface area contributed by atoms with Gasteiger partial charge >= 0.3 is 5.76 Å². The summed E-state index contributed by atoms with van der Waals surface area (Å²) in [6, 6.07) is 7.34. The zero-order valence-corrected chi connectivity index (χ0v) is 14.4. The Morgan fingerprint density at radius 1 is 1.35 bits per heavy atom. The molecule has 1 atom stereocenters. The Bertz CT molecular complexity index is 830. The maximum Gasteiger partial charge on any atom is 0.419 e. The maximum atomic E-state index is 11.5. The smallest absolute Gasteiger partial charge is 0.408 e. The number of benzene rings is 1. The number of nitrogens with two attached hydrogens (primary N) is 1. The van der Waals surface area contributed by atoms with Gasteiger partial charge in [-0.15, -0.1) is 11.3 Å². The number of hydrogen-bond acceptors (Lipinski definition) is 4. The summed E-state index contributed by atoms with van der Waals surface area (Å²) in [4.78, 5) is 12.5. The third kappa shape index (κ3) is 2.28. The largest absolute Gasteiger partial charge is 0.419 e. The number of halogens is 2. The predicted molar refractivity (Wildman–Crippen MR) is 87.2 cm³/mol. The van der Waals surface area contributed by atoms with Crippen LogP contribution in [0.3, 0.4) is 0 Å². The molecule has 0 radical (unpaired) electrons. The van der Waals surface area contributed by atoms with Crippen molar-refractivity contribution in [3.05, 3.63) is 53.5 Å². The van der Waals surface area contributed by atoms with Gasteiger partial charge in [-0.25, -0.2) is 4.79 Å². The van der Waals surface area contributed by atoms with Crippen molar-refractivity contribution in [3.63, 3.8) is 0 Å². The van der Waals surface area contributed by atoms with Crippen molar-refractivity contribution in [1.29, 1.82) is 0 Å². The van der Waals surface area contributed by atoms with Crippen LogP contribution >= 0.6 is 43.2 Å². The molecule has 2 aromatic heterocycles. The highest BCUT2D eigenvalue weighted by atomic mass is 79.9. The lowest BCUT2D eigenvalue weighted by Crippen LogP contribution is -2.10. The molecule has 0 aliphatic heterocycles. The first-order chi connectivity index (χ1) is 9.47. The van der Waals surface area contributed by atoms with E-state index in [-0.39, 0.29) is 11.8 Å². The van der Waals surface area contributed by atoms with Crippen LogP contribution in [0.15, 0.2) is 41.7 Å². The molecule has 0 saturated heterocycles. The third-order valence-corrected chi connectivity index (χ3v) is 6.49. The van der Waals surface area contributed by atoms with Gasteiger partial charge in [0.2, 0.25) is 0 Å². The van der Waals surface area contributed by atoms with Crippen LogP contribution in [0.25, 0.3) is 11.1 Å². The van der Waals surface area contributed by atoms with Crippen LogP contribution in [0, 0.1) is 0 Å². The van der Waals surface area contributed by atoms with Crippen molar-refractivity contribution in [2.45, 2.75) is 6.04 Å². The summed E-state index contributed by atoms with van der Waals surface area (Å²) in [6.45, 7) is 0. The van der Waals surface area contributed by atoms with Crippen molar-refractivity contribution >= 4 is 54.3 Å². The highest BCUT2D eigenvalue weighted by molar-refractivity contribution is 9.13. The van der Waals surface area contributed by atoms with Crippen molar-refractivity contribution in [1.82, 2.24) is 4.57 Å². The highest BCUT2D eigenvalue weighted by Crippen LogP contribution is 2.37. The molecule has 3 aromatic rings. The van der Waals surface area contributed by atoms with E-state index in [4.69, 9.17) is 10.2 Å². The Balaban J connectivity index is 2.07. The van der Waals surface area contributed by atoms with Crippen LogP contribution in [0.5, 0.6) is 0 Å². The van der Waals surface area contributed by atoms with Crippen LogP contribution in [0.2, 0.25) is 0 Å². The van der Waals surface area contributed by atoms with E-state index in [0.29, 0.717) is 5.58 Å². The molecule has 7 heteroatoms. The summed E-state index contributed by atoms with van der Waals surface area (Å²) in [5, 5.41) is 0. The fraction of sp³-hybridized carbons (Fsp3) is 0.154. The molecular weight excluding hydrogens is 408 g/mol. The molecule has 0 fully saturated rings. The summed E-state index contributed by atoms with van der Waals surface area (Å²) in [5.41, 5.74) is 8.51. The first-order valence-corrected chi connectivity index (χ1v) is 8.17. The molecule has 2 N–H and O–H groups in total. The van der Waals surface area contributed by atoms with Crippen molar-refractivity contribution < 1.29 is 4.42 Å². The van der Waals surface area contributed by atoms with Gasteiger partial charge in [-0.3, -0.25) is 4.57 Å². The minimum Gasteiger partial charge on any atom is -0.408 e. The Labute approximate surface area is 135 Å². The first kappa shape index (κ1) is 14.1. The second-order valence-electron chi connectivity index (χ2n) is 4.40. The molecule has 0 aliphatic carbocycles. The minimum absolute atomic E-state index is 0.252. The number of hydrogen-bond donors (Lipinski definition) is 1. The van der Waals surface area contributed by atoms with Gasteiger partial charge in [0.05, 0.1) is 15.3 Å². The van der Waals surface area contributed by atoms with E-state index >= 15 is 0 Å². The molecule has 0 spiro atoms. The monoisotopic (exact) mass is 416 g/mol. The van der Waals surface area contributed by atoms with E-state index in [9.17, 15) is 4.79 Å². The number of oxazole rings is 1. The van der Waals surface area contributed by atoms with Crippen molar-refractivity contribution in [2.75, 3.05) is 0 Å². The summed E-state index contributed by atoms with van der Waals surface area (Å²) in [6.07, 6.45) is 0. The Morgan fingerprint density at radius 3 is 2.75 bits per heavy atom. The van der Waals surface area contributed by atoms with Crippen molar-refractivity contribution in [2.24, 2.45) is 12.8 Å². The van der Waals surface area contributed by atoms with E-state index in [1.807, 2.05) is 24.3 Å². The molecule has 2 heterocycles. The van der Waals surface area contributed by atoms with Gasteiger partial charge in [0.15, 0.2) is 5.58 Å². The van der Waals surface area contributed by atoms with Crippen LogP contribution in [0.1, 0.15) is 16.5 Å². The third-order valence-electron chi connectivity index (χ3n) is 3.15. The summed E-state index contributed by atoms with van der Waals surface area (Å²) < 4.78 is 8.66. The number of rotatable bonds is 2. The Hall–Kier alpha value is -0.890. The Morgan fingerprint density at radius 2 is 2.10 bits per heavy atom. The van der Waals surface area contributed by atoms with Gasteiger partial charge in [-0.05, 0) is 55.6 Å². The average molecular weight is 418 g/mol. The van der Waals surface area contributed by atoms with E-state index in [1.54, 1.807) is 18.4 Å². The molecule has 0 amide bonds. The fourth-order valence-corrected chi connectivity index (χ4v) is 4.14. The lowest BCUT2D eigenvalue weighted by Gasteiger charge is -2.09. The fourth-order valence-electron chi connectivity index (χ4n) is 2.02. The average Bonchev–Trinajstić information content (AvgIpc) is 2.90. The standard InChI is InChI=1S/C13H10Br2N2O2S/c1-17-8-3-2-6(4-9(8)19-13(17)18)11(16)10-5-7(14)12(15)20-10/h2-5,11H,16H2,1H3. The molecular formula is C13H10Br2N2O2S. The molecule has 1 aromatic carbocycles. The van der Waals surface area contributed by atoms with E-state index in [2.05, 4.69) is 31.9 Å². The van der Waals surface area contributed by atoms with Crippen molar-refractivity contribution in [3.8, 4) is 0 Å². The van der Waals surface area contributed by atoms with Gasteiger partial charge in [-0.2, -0.15) is 0 Å². The number of aryl methyl sites for hydroxylation is 1. The summed E-state index contributed by atoms with van der Waals surface area (Å²) in [5.74, 6) is -0.368. The topological polar surface area (TPSA) is 61.2 Å². The van der Waals surface area contributed by atoms with Gasteiger partial charge in [-0.1, -0.05) is 6.07 Å². The lowest BCUT2D eigenvalue weighted by atomic mass is 10.1. The number of aromatic nitrogens is 1. The van der Waals surface area contributed by atoms with Crippen LogP contribution in [-0.4, -0.2) is 4.57 Å². The second-order valence-corrected chi connectivity index (χ2v) is 7.66. The van der Waals surface area contributed by atoms with Gasteiger partial charge in [0.25, 0.3) is 0 Å². The normalized spacial score (nSPS) is 13.0. The Kier molecular flexibility index (Phi) is 3.62. The maximum absolute atomic E-state index is 11.5. The second kappa shape index (κ2) is 5.14. The van der Waals surface area contributed by atoms with Gasteiger partial charge < -0.3 is 10.2 Å². The van der Waals surface area contributed by atoms with Gasteiger partial charge in [0, 0.05) is 16.4 Å². The predicted octanol–water partition coefficient (Wildman–Crippen LogP) is 3.77. The first-order valence-electron chi connectivity index (χ1n) is 5.77. The molecule has 0 aliphatic rings. The zero-order valence-electron chi connectivity index (χ0n) is 10.4. The minimum atomic E-state index is -0.368.